The summed E-state index contributed by atoms with van der Waals surface area (Å²) in [6.45, 7) is 11.4. The van der Waals surface area contributed by atoms with Crippen molar-refractivity contribution in [3.05, 3.63) is 18.0 Å². The Morgan fingerprint density at radius 3 is 2.48 bits per heavy atom. The van der Waals surface area contributed by atoms with Crippen LogP contribution >= 0.6 is 0 Å². The zero-order chi connectivity index (χ0) is 17.1. The predicted molar refractivity (Wildman–Crippen MR) is 98.8 cm³/mol. The molecule has 0 spiro atoms. The van der Waals surface area contributed by atoms with Crippen LogP contribution in [-0.2, 0) is 4.43 Å². The fourth-order valence-electron chi connectivity index (χ4n) is 3.22. The SMILES string of the molecule is CC(C)(C)[Si](C)(C)OC(c1cc[nH]n1)C(N)CC1CCCCC1. The van der Waals surface area contributed by atoms with Crippen LogP contribution in [0.25, 0.3) is 0 Å². The van der Waals surface area contributed by atoms with Gasteiger partial charge in [0.1, 0.15) is 6.10 Å². The Kier molecular flexibility index (Phi) is 6.08. The molecule has 3 N–H and O–H groups in total. The molecule has 0 bridgehead atoms. The molecule has 0 aliphatic heterocycles. The van der Waals surface area contributed by atoms with E-state index in [1.807, 2.05) is 12.3 Å². The maximum absolute atomic E-state index is 6.68. The minimum Gasteiger partial charge on any atom is -0.407 e. The van der Waals surface area contributed by atoms with Crippen molar-refractivity contribution >= 4 is 8.32 Å². The van der Waals surface area contributed by atoms with E-state index in [-0.39, 0.29) is 17.2 Å². The van der Waals surface area contributed by atoms with Crippen LogP contribution in [0.2, 0.25) is 18.1 Å². The van der Waals surface area contributed by atoms with Crippen molar-refractivity contribution in [2.45, 2.75) is 89.6 Å². The van der Waals surface area contributed by atoms with Gasteiger partial charge in [-0.25, -0.2) is 0 Å². The Morgan fingerprint density at radius 1 is 1.30 bits per heavy atom. The first-order chi connectivity index (χ1) is 10.7. The van der Waals surface area contributed by atoms with Gasteiger partial charge in [0.2, 0.25) is 0 Å². The zero-order valence-electron chi connectivity index (χ0n) is 15.6. The smallest absolute Gasteiger partial charge is 0.193 e. The lowest BCUT2D eigenvalue weighted by molar-refractivity contribution is 0.131. The van der Waals surface area contributed by atoms with Gasteiger partial charge in [0.05, 0.1) is 5.69 Å². The number of aromatic nitrogens is 2. The molecule has 0 aromatic carbocycles. The minimum absolute atomic E-state index is 0.0236. The van der Waals surface area contributed by atoms with E-state index in [9.17, 15) is 0 Å². The van der Waals surface area contributed by atoms with E-state index in [0.29, 0.717) is 0 Å². The topological polar surface area (TPSA) is 63.9 Å². The summed E-state index contributed by atoms with van der Waals surface area (Å²) in [7, 11) is -1.89. The summed E-state index contributed by atoms with van der Waals surface area (Å²) in [5.74, 6) is 0.753. The van der Waals surface area contributed by atoms with Crippen molar-refractivity contribution in [1.29, 1.82) is 0 Å². The molecule has 4 nitrogen and oxygen atoms in total. The molecule has 1 fully saturated rings. The number of nitrogens with two attached hydrogens (primary N) is 1. The van der Waals surface area contributed by atoms with Crippen molar-refractivity contribution < 1.29 is 4.43 Å². The van der Waals surface area contributed by atoms with Crippen LogP contribution in [0.1, 0.15) is 71.1 Å². The normalized spacial score (nSPS) is 20.4. The van der Waals surface area contributed by atoms with E-state index in [2.05, 4.69) is 44.1 Å². The Balaban J connectivity index is 2.11. The summed E-state index contributed by atoms with van der Waals surface area (Å²) in [5, 5.41) is 7.49. The number of rotatable bonds is 6. The highest BCUT2D eigenvalue weighted by Gasteiger charge is 2.41. The third-order valence-corrected chi connectivity index (χ3v) is 10.2. The van der Waals surface area contributed by atoms with E-state index < -0.39 is 8.32 Å². The molecule has 0 saturated heterocycles. The molecule has 2 rings (SSSR count). The van der Waals surface area contributed by atoms with Crippen LogP contribution in [-0.4, -0.2) is 24.6 Å². The van der Waals surface area contributed by atoms with Gasteiger partial charge in [-0.2, -0.15) is 5.10 Å². The predicted octanol–water partition coefficient (Wildman–Crippen LogP) is 4.77. The number of nitrogens with zero attached hydrogens (tertiary/aromatic N) is 1. The lowest BCUT2D eigenvalue weighted by Crippen LogP contribution is -2.46. The average molecular weight is 338 g/mol. The standard InChI is InChI=1S/C18H35N3OSi/c1-18(2,3)23(4,5)22-17(16-11-12-20-21-16)15(19)13-14-9-7-6-8-10-14/h11-12,14-15,17H,6-10,13,19H2,1-5H3,(H,20,21). The molecule has 132 valence electrons. The van der Waals surface area contributed by atoms with Gasteiger partial charge in [-0.15, -0.1) is 0 Å². The van der Waals surface area contributed by atoms with Crippen LogP contribution in [0, 0.1) is 5.92 Å². The van der Waals surface area contributed by atoms with Crippen molar-refractivity contribution in [3.8, 4) is 0 Å². The van der Waals surface area contributed by atoms with Gasteiger partial charge in [0, 0.05) is 12.2 Å². The Morgan fingerprint density at radius 2 is 1.96 bits per heavy atom. The average Bonchev–Trinajstić information content (AvgIpc) is 2.98. The second kappa shape index (κ2) is 7.49. The van der Waals surface area contributed by atoms with Crippen molar-refractivity contribution in [3.63, 3.8) is 0 Å². The Hall–Kier alpha value is -0.653. The first-order valence-corrected chi connectivity index (χ1v) is 12.0. The van der Waals surface area contributed by atoms with Gasteiger partial charge in [-0.05, 0) is 36.5 Å². The molecule has 1 aromatic rings. The molecular weight excluding hydrogens is 302 g/mol. The molecule has 1 saturated carbocycles. The summed E-state index contributed by atoms with van der Waals surface area (Å²) in [4.78, 5) is 0. The highest BCUT2D eigenvalue weighted by Crippen LogP contribution is 2.41. The first kappa shape index (κ1) is 18.7. The molecule has 0 radical (unpaired) electrons. The fraction of sp³-hybridized carbons (Fsp3) is 0.833. The van der Waals surface area contributed by atoms with Gasteiger partial charge in [-0.1, -0.05) is 52.9 Å². The summed E-state index contributed by atoms with van der Waals surface area (Å²) < 4.78 is 6.68. The summed E-state index contributed by atoms with van der Waals surface area (Å²) in [5.41, 5.74) is 7.59. The molecule has 2 atom stereocenters. The van der Waals surface area contributed by atoms with Crippen molar-refractivity contribution in [2.24, 2.45) is 11.7 Å². The molecule has 1 aromatic heterocycles. The van der Waals surface area contributed by atoms with Crippen molar-refractivity contribution in [2.75, 3.05) is 0 Å². The third-order valence-electron chi connectivity index (χ3n) is 5.76. The molecule has 0 amide bonds. The number of H-pyrrole nitrogens is 1. The van der Waals surface area contributed by atoms with Gasteiger partial charge in [0.15, 0.2) is 8.32 Å². The molecule has 1 aliphatic rings. The highest BCUT2D eigenvalue weighted by atomic mass is 28.4. The third kappa shape index (κ3) is 4.91. The summed E-state index contributed by atoms with van der Waals surface area (Å²) in [6, 6.07) is 2.04. The minimum atomic E-state index is -1.89. The fourth-order valence-corrected chi connectivity index (χ4v) is 4.51. The first-order valence-electron chi connectivity index (χ1n) is 9.14. The van der Waals surface area contributed by atoms with Crippen LogP contribution in [0.5, 0.6) is 0 Å². The molecule has 1 heterocycles. The van der Waals surface area contributed by atoms with E-state index in [0.717, 1.165) is 18.0 Å². The second-order valence-electron chi connectivity index (χ2n) is 8.70. The van der Waals surface area contributed by atoms with E-state index >= 15 is 0 Å². The molecular formula is C18H35N3OSi. The zero-order valence-corrected chi connectivity index (χ0v) is 16.6. The molecule has 23 heavy (non-hydrogen) atoms. The van der Waals surface area contributed by atoms with Crippen LogP contribution in [0.15, 0.2) is 12.3 Å². The molecule has 2 unspecified atom stereocenters. The largest absolute Gasteiger partial charge is 0.407 e. The number of hydrogen-bond donors (Lipinski definition) is 2. The lowest BCUT2D eigenvalue weighted by Gasteiger charge is -2.41. The van der Waals surface area contributed by atoms with Crippen molar-refractivity contribution in [1.82, 2.24) is 10.2 Å². The Labute approximate surface area is 142 Å². The van der Waals surface area contributed by atoms with Crippen LogP contribution in [0.4, 0.5) is 0 Å². The van der Waals surface area contributed by atoms with Gasteiger partial charge in [0.25, 0.3) is 0 Å². The van der Waals surface area contributed by atoms with E-state index in [1.165, 1.54) is 32.1 Å². The quantitative estimate of drug-likeness (QED) is 0.735. The van der Waals surface area contributed by atoms with Gasteiger partial charge in [-0.3, -0.25) is 5.10 Å². The number of aromatic amines is 1. The van der Waals surface area contributed by atoms with Gasteiger partial charge < -0.3 is 10.2 Å². The maximum atomic E-state index is 6.68. The maximum Gasteiger partial charge on any atom is 0.193 e. The summed E-state index contributed by atoms with van der Waals surface area (Å²) >= 11 is 0. The number of hydrogen-bond acceptors (Lipinski definition) is 3. The van der Waals surface area contributed by atoms with E-state index in [1.54, 1.807) is 0 Å². The molecule has 5 heteroatoms. The van der Waals surface area contributed by atoms with E-state index in [4.69, 9.17) is 10.2 Å². The molecule has 1 aliphatic carbocycles. The Bertz CT molecular complexity index is 461. The second-order valence-corrected chi connectivity index (χ2v) is 13.5. The number of nitrogens with one attached hydrogen (secondary N) is 1. The highest BCUT2D eigenvalue weighted by molar-refractivity contribution is 6.74. The summed E-state index contributed by atoms with van der Waals surface area (Å²) in [6.07, 6.45) is 9.55. The monoisotopic (exact) mass is 337 g/mol. The van der Waals surface area contributed by atoms with Crippen LogP contribution < -0.4 is 5.73 Å². The lowest BCUT2D eigenvalue weighted by atomic mass is 9.83. The van der Waals surface area contributed by atoms with Gasteiger partial charge >= 0.3 is 0 Å². The van der Waals surface area contributed by atoms with Crippen LogP contribution in [0.3, 0.4) is 0 Å².